The van der Waals surface area contributed by atoms with E-state index in [9.17, 15) is 18.8 Å². The number of hydrogen-bond donors (Lipinski definition) is 1. The van der Waals surface area contributed by atoms with Gasteiger partial charge in [0, 0.05) is 6.42 Å². The molecular weight excluding hydrogens is 347 g/mol. The van der Waals surface area contributed by atoms with E-state index in [4.69, 9.17) is 0 Å². The van der Waals surface area contributed by atoms with Gasteiger partial charge >= 0.3 is 6.03 Å². The highest BCUT2D eigenvalue weighted by Crippen LogP contribution is 2.23. The first-order valence-corrected chi connectivity index (χ1v) is 8.81. The zero-order valence-corrected chi connectivity index (χ0v) is 15.1. The highest BCUT2D eigenvalue weighted by Gasteiger charge is 2.47. The van der Waals surface area contributed by atoms with Crippen molar-refractivity contribution in [3.63, 3.8) is 0 Å². The smallest absolute Gasteiger partial charge is 0.323 e. The topological polar surface area (TPSA) is 66.5 Å². The van der Waals surface area contributed by atoms with Crippen molar-refractivity contribution in [1.29, 1.82) is 0 Å². The summed E-state index contributed by atoms with van der Waals surface area (Å²) < 4.78 is 12.9. The molecule has 1 N–H and O–H groups in total. The first-order valence-electron chi connectivity index (χ1n) is 8.81. The Balaban J connectivity index is 1.61. The maximum Gasteiger partial charge on any atom is 0.325 e. The van der Waals surface area contributed by atoms with Gasteiger partial charge in [0.25, 0.3) is 5.91 Å². The fourth-order valence-electron chi connectivity index (χ4n) is 3.16. The van der Waals surface area contributed by atoms with Crippen molar-refractivity contribution >= 4 is 17.7 Å². The molecule has 2 aromatic rings. The van der Waals surface area contributed by atoms with Crippen LogP contribution in [0.4, 0.5) is 9.18 Å². The summed E-state index contributed by atoms with van der Waals surface area (Å²) in [5.41, 5.74) is 0.690. The molecule has 140 valence electrons. The average Bonchev–Trinajstić information content (AvgIpc) is 2.86. The Morgan fingerprint density at radius 3 is 2.37 bits per heavy atom. The number of aryl methyl sites for hydroxylation is 1. The van der Waals surface area contributed by atoms with Gasteiger partial charge in [-0.3, -0.25) is 14.5 Å². The number of Topliss-reactive ketones (excluding diaryl/α,β-unsaturated/α-hetero) is 1. The van der Waals surface area contributed by atoms with Gasteiger partial charge in [-0.2, -0.15) is 0 Å². The van der Waals surface area contributed by atoms with Gasteiger partial charge < -0.3 is 5.32 Å². The molecule has 0 radical (unpaired) electrons. The molecular formula is C21H21FN2O3. The van der Waals surface area contributed by atoms with Gasteiger partial charge in [-0.25, -0.2) is 9.18 Å². The molecule has 0 aromatic heterocycles. The summed E-state index contributed by atoms with van der Waals surface area (Å²) in [5.74, 6) is -1.05. The number of carbonyl (C=O) groups excluding carboxylic acids is 3. The number of halogens is 1. The van der Waals surface area contributed by atoms with Crippen molar-refractivity contribution in [3.8, 4) is 0 Å². The number of rotatable bonds is 7. The molecule has 0 aliphatic carbocycles. The highest BCUT2D eigenvalue weighted by molar-refractivity contribution is 6.09. The molecule has 2 aromatic carbocycles. The number of carbonyl (C=O) groups is 3. The maximum absolute atomic E-state index is 12.9. The van der Waals surface area contributed by atoms with Crippen LogP contribution < -0.4 is 5.32 Å². The van der Waals surface area contributed by atoms with Gasteiger partial charge in [-0.05, 0) is 43.0 Å². The summed E-state index contributed by atoms with van der Waals surface area (Å²) in [6.07, 6.45) is 1.13. The molecule has 27 heavy (non-hydrogen) atoms. The molecule has 1 atom stereocenters. The van der Waals surface area contributed by atoms with Crippen LogP contribution in [-0.2, 0) is 22.4 Å². The first-order chi connectivity index (χ1) is 12.9. The van der Waals surface area contributed by atoms with Gasteiger partial charge in [0.05, 0.1) is 6.54 Å². The number of nitrogens with zero attached hydrogens (tertiary/aromatic N) is 1. The van der Waals surface area contributed by atoms with Crippen LogP contribution in [-0.4, -0.2) is 34.7 Å². The summed E-state index contributed by atoms with van der Waals surface area (Å²) in [6, 6.07) is 14.7. The molecule has 1 aliphatic rings. The largest absolute Gasteiger partial charge is 0.325 e. The third-order valence-electron chi connectivity index (χ3n) is 4.75. The fourth-order valence-corrected chi connectivity index (χ4v) is 3.16. The first kappa shape index (κ1) is 18.8. The summed E-state index contributed by atoms with van der Waals surface area (Å²) in [5, 5.41) is 2.71. The molecule has 5 nitrogen and oxygen atoms in total. The number of urea groups is 1. The van der Waals surface area contributed by atoms with E-state index >= 15 is 0 Å². The molecule has 3 rings (SSSR count). The van der Waals surface area contributed by atoms with Gasteiger partial charge in [0.15, 0.2) is 5.78 Å². The monoisotopic (exact) mass is 368 g/mol. The minimum absolute atomic E-state index is 0.0398. The molecule has 0 spiro atoms. The Morgan fingerprint density at radius 2 is 1.70 bits per heavy atom. The van der Waals surface area contributed by atoms with Gasteiger partial charge in [-0.1, -0.05) is 42.5 Å². The van der Waals surface area contributed by atoms with Crippen LogP contribution >= 0.6 is 0 Å². The zero-order valence-electron chi connectivity index (χ0n) is 15.1. The highest BCUT2D eigenvalue weighted by atomic mass is 19.1. The van der Waals surface area contributed by atoms with Crippen molar-refractivity contribution in [3.05, 3.63) is 71.5 Å². The summed E-state index contributed by atoms with van der Waals surface area (Å²) in [7, 11) is 0. The normalized spacial score (nSPS) is 19.3. The van der Waals surface area contributed by atoms with Crippen LogP contribution in [0.2, 0.25) is 0 Å². The van der Waals surface area contributed by atoms with Gasteiger partial charge in [0.2, 0.25) is 0 Å². The predicted octanol–water partition coefficient (Wildman–Crippen LogP) is 2.88. The van der Waals surface area contributed by atoms with Crippen LogP contribution in [0.1, 0.15) is 24.5 Å². The quantitative estimate of drug-likeness (QED) is 0.764. The summed E-state index contributed by atoms with van der Waals surface area (Å²) in [4.78, 5) is 38.2. The maximum atomic E-state index is 12.9. The number of hydrogen-bond acceptors (Lipinski definition) is 3. The lowest BCUT2D eigenvalue weighted by molar-refractivity contribution is -0.134. The molecule has 0 bridgehead atoms. The molecule has 1 heterocycles. The molecule has 1 unspecified atom stereocenters. The van der Waals surface area contributed by atoms with E-state index in [2.05, 4.69) is 5.32 Å². The standard InChI is InChI=1S/C21H21FN2O3/c1-21(12-11-15-5-3-2-4-6-15)19(26)24(20(27)23-21)14-18(25)13-16-7-9-17(22)10-8-16/h2-10H,11-14H2,1H3,(H,23,27). The van der Waals surface area contributed by atoms with Crippen LogP contribution in [0, 0.1) is 5.82 Å². The van der Waals surface area contributed by atoms with E-state index in [1.165, 1.54) is 24.3 Å². The van der Waals surface area contributed by atoms with Crippen LogP contribution in [0.5, 0.6) is 0 Å². The minimum atomic E-state index is -1.02. The summed E-state index contributed by atoms with van der Waals surface area (Å²) >= 11 is 0. The molecule has 1 aliphatic heterocycles. The number of benzene rings is 2. The third kappa shape index (κ3) is 4.39. The number of nitrogens with one attached hydrogen (secondary N) is 1. The fraction of sp³-hybridized carbons (Fsp3) is 0.286. The van der Waals surface area contributed by atoms with Crippen LogP contribution in [0.25, 0.3) is 0 Å². The van der Waals surface area contributed by atoms with Crippen molar-refractivity contribution in [2.75, 3.05) is 6.54 Å². The molecule has 1 saturated heterocycles. The van der Waals surface area contributed by atoms with Gasteiger partial charge in [-0.15, -0.1) is 0 Å². The van der Waals surface area contributed by atoms with Crippen molar-refractivity contribution in [2.24, 2.45) is 0 Å². The van der Waals surface area contributed by atoms with Crippen LogP contribution in [0.15, 0.2) is 54.6 Å². The third-order valence-corrected chi connectivity index (χ3v) is 4.75. The minimum Gasteiger partial charge on any atom is -0.323 e. The second-order valence-corrected chi connectivity index (χ2v) is 6.98. The number of imide groups is 1. The lowest BCUT2D eigenvalue weighted by Crippen LogP contribution is -2.44. The van der Waals surface area contributed by atoms with Crippen molar-refractivity contribution in [2.45, 2.75) is 31.7 Å². The van der Waals surface area contributed by atoms with E-state index in [1.807, 2.05) is 30.3 Å². The van der Waals surface area contributed by atoms with E-state index in [1.54, 1.807) is 6.92 Å². The van der Waals surface area contributed by atoms with Crippen molar-refractivity contribution in [1.82, 2.24) is 10.2 Å². The van der Waals surface area contributed by atoms with Crippen molar-refractivity contribution < 1.29 is 18.8 Å². The summed E-state index contributed by atoms with van der Waals surface area (Å²) in [6.45, 7) is 1.39. The Kier molecular flexibility index (Phi) is 5.35. The SMILES string of the molecule is CC1(CCc2ccccc2)NC(=O)N(CC(=O)Cc2ccc(F)cc2)C1=O. The van der Waals surface area contributed by atoms with E-state index in [0.29, 0.717) is 18.4 Å². The lowest BCUT2D eigenvalue weighted by Gasteiger charge is -2.21. The lowest BCUT2D eigenvalue weighted by atomic mass is 9.93. The van der Waals surface area contributed by atoms with Crippen LogP contribution in [0.3, 0.4) is 0 Å². The Labute approximate surface area is 157 Å². The average molecular weight is 368 g/mol. The second kappa shape index (κ2) is 7.70. The van der Waals surface area contributed by atoms with E-state index in [-0.39, 0.29) is 24.6 Å². The Morgan fingerprint density at radius 1 is 1.04 bits per heavy atom. The molecule has 1 fully saturated rings. The van der Waals surface area contributed by atoms with E-state index < -0.39 is 17.5 Å². The zero-order chi connectivity index (χ0) is 19.4. The second-order valence-electron chi connectivity index (χ2n) is 6.98. The van der Waals surface area contributed by atoms with Gasteiger partial charge in [0.1, 0.15) is 11.4 Å². The number of amides is 3. The predicted molar refractivity (Wildman–Crippen MR) is 98.5 cm³/mol. The molecule has 3 amide bonds. The number of ketones is 1. The molecule has 6 heteroatoms. The Bertz CT molecular complexity index is 851. The molecule has 0 saturated carbocycles. The van der Waals surface area contributed by atoms with E-state index in [0.717, 1.165) is 10.5 Å². The Hall–Kier alpha value is -3.02.